The summed E-state index contributed by atoms with van der Waals surface area (Å²) in [6.07, 6.45) is 3.73. The molecule has 2 aliphatic rings. The second kappa shape index (κ2) is 6.49. The maximum atomic E-state index is 6.32. The van der Waals surface area contributed by atoms with Crippen LogP contribution in [0.2, 0.25) is 0 Å². The van der Waals surface area contributed by atoms with E-state index in [0.717, 1.165) is 19.4 Å². The molecule has 0 bridgehead atoms. The van der Waals surface area contributed by atoms with Gasteiger partial charge in [-0.3, -0.25) is 0 Å². The Balaban J connectivity index is 1.76. The van der Waals surface area contributed by atoms with Crippen molar-refractivity contribution in [3.05, 3.63) is 65.2 Å². The summed E-state index contributed by atoms with van der Waals surface area (Å²) in [5.41, 5.74) is 5.59. The van der Waals surface area contributed by atoms with E-state index in [1.54, 1.807) is 0 Å². The van der Waals surface area contributed by atoms with Crippen LogP contribution in [0.5, 0.6) is 0 Å². The van der Waals surface area contributed by atoms with Gasteiger partial charge >= 0.3 is 0 Å². The molecule has 0 aromatic heterocycles. The van der Waals surface area contributed by atoms with Crippen molar-refractivity contribution in [3.8, 4) is 0 Å². The molecule has 1 N–H and O–H groups in total. The number of ether oxygens (including phenoxy) is 1. The summed E-state index contributed by atoms with van der Waals surface area (Å²) in [4.78, 5) is 0. The van der Waals surface area contributed by atoms with Crippen LogP contribution in [0, 0.1) is 5.92 Å². The lowest BCUT2D eigenvalue weighted by Gasteiger charge is -2.44. The van der Waals surface area contributed by atoms with E-state index in [9.17, 15) is 0 Å². The summed E-state index contributed by atoms with van der Waals surface area (Å²) in [5.74, 6) is 0.503. The minimum absolute atomic E-state index is 0.204. The number of hydrogen-bond donors (Lipinski definition) is 1. The standard InChI is InChI=1S/C23H29NO/c1-4-23(2,3)17-12-13-20-19(15-17)22-18(11-8-14-25-22)21(24-20)16-9-6-5-7-10-16/h5-7,9-10,12-13,15,18,21-22,24H,4,8,11,14H2,1-3H3. The maximum Gasteiger partial charge on any atom is 0.0895 e. The van der Waals surface area contributed by atoms with Crippen LogP contribution in [0.15, 0.2) is 48.5 Å². The van der Waals surface area contributed by atoms with Crippen LogP contribution in [-0.2, 0) is 10.2 Å². The summed E-state index contributed by atoms with van der Waals surface area (Å²) in [5, 5.41) is 3.83. The Kier molecular flexibility index (Phi) is 4.33. The van der Waals surface area contributed by atoms with Gasteiger partial charge in [0.1, 0.15) is 0 Å². The number of rotatable bonds is 3. The number of benzene rings is 2. The summed E-state index contributed by atoms with van der Waals surface area (Å²) in [7, 11) is 0. The molecule has 0 aliphatic carbocycles. The summed E-state index contributed by atoms with van der Waals surface area (Å²) < 4.78 is 6.32. The van der Waals surface area contributed by atoms with Gasteiger partial charge in [-0.2, -0.15) is 0 Å². The van der Waals surface area contributed by atoms with E-state index in [0.29, 0.717) is 12.0 Å². The zero-order chi connectivity index (χ0) is 17.4. The van der Waals surface area contributed by atoms with Crippen molar-refractivity contribution in [1.82, 2.24) is 0 Å². The van der Waals surface area contributed by atoms with Gasteiger partial charge in [0, 0.05) is 23.8 Å². The Morgan fingerprint density at radius 2 is 1.92 bits per heavy atom. The summed E-state index contributed by atoms with van der Waals surface area (Å²) >= 11 is 0. The molecule has 0 spiro atoms. The first-order valence-electron chi connectivity index (χ1n) is 9.67. The molecule has 2 aromatic rings. The Morgan fingerprint density at radius 1 is 1.12 bits per heavy atom. The molecule has 0 amide bonds. The molecular formula is C23H29NO. The molecule has 2 aromatic carbocycles. The van der Waals surface area contributed by atoms with E-state index in [2.05, 4.69) is 74.6 Å². The molecule has 1 saturated heterocycles. The van der Waals surface area contributed by atoms with Crippen LogP contribution in [-0.4, -0.2) is 6.61 Å². The molecule has 25 heavy (non-hydrogen) atoms. The van der Waals surface area contributed by atoms with E-state index in [4.69, 9.17) is 4.74 Å². The lowest BCUT2D eigenvalue weighted by molar-refractivity contribution is -0.0382. The number of nitrogens with one attached hydrogen (secondary N) is 1. The molecule has 2 aliphatic heterocycles. The topological polar surface area (TPSA) is 21.3 Å². The summed E-state index contributed by atoms with van der Waals surface area (Å²) in [6, 6.07) is 18.1. The van der Waals surface area contributed by atoms with Gasteiger partial charge in [0.25, 0.3) is 0 Å². The molecule has 132 valence electrons. The number of anilines is 1. The van der Waals surface area contributed by atoms with Crippen molar-refractivity contribution in [1.29, 1.82) is 0 Å². The smallest absolute Gasteiger partial charge is 0.0895 e. The SMILES string of the molecule is CCC(C)(C)c1ccc2c(c1)C1OCCCC1C(c1ccccc1)N2. The van der Waals surface area contributed by atoms with Crippen molar-refractivity contribution in [2.75, 3.05) is 11.9 Å². The highest BCUT2D eigenvalue weighted by atomic mass is 16.5. The molecule has 2 nitrogen and oxygen atoms in total. The van der Waals surface area contributed by atoms with Gasteiger partial charge in [0.05, 0.1) is 12.1 Å². The van der Waals surface area contributed by atoms with Crippen molar-refractivity contribution < 1.29 is 4.74 Å². The molecule has 2 heteroatoms. The van der Waals surface area contributed by atoms with E-state index < -0.39 is 0 Å². The highest BCUT2D eigenvalue weighted by Crippen LogP contribution is 2.49. The van der Waals surface area contributed by atoms with Crippen molar-refractivity contribution in [2.45, 2.75) is 57.6 Å². The second-order valence-electron chi connectivity index (χ2n) is 8.17. The Hall–Kier alpha value is -1.80. The van der Waals surface area contributed by atoms with E-state index in [1.165, 1.54) is 28.8 Å². The van der Waals surface area contributed by atoms with Gasteiger partial charge in [-0.05, 0) is 41.9 Å². The van der Waals surface area contributed by atoms with Crippen molar-refractivity contribution in [3.63, 3.8) is 0 Å². The van der Waals surface area contributed by atoms with Gasteiger partial charge in [-0.1, -0.05) is 63.2 Å². The Bertz CT molecular complexity index is 737. The molecule has 1 fully saturated rings. The van der Waals surface area contributed by atoms with Gasteiger partial charge in [0.15, 0.2) is 0 Å². The van der Waals surface area contributed by atoms with Crippen molar-refractivity contribution in [2.24, 2.45) is 5.92 Å². The maximum absolute atomic E-state index is 6.32. The molecule has 0 saturated carbocycles. The zero-order valence-corrected chi connectivity index (χ0v) is 15.6. The predicted octanol–water partition coefficient (Wildman–Crippen LogP) is 6.01. The van der Waals surface area contributed by atoms with Gasteiger partial charge in [0.2, 0.25) is 0 Å². The van der Waals surface area contributed by atoms with Crippen LogP contribution in [0.25, 0.3) is 0 Å². The van der Waals surface area contributed by atoms with Crippen LogP contribution < -0.4 is 5.32 Å². The zero-order valence-electron chi connectivity index (χ0n) is 15.6. The fourth-order valence-electron chi connectivity index (χ4n) is 4.29. The van der Waals surface area contributed by atoms with Crippen LogP contribution >= 0.6 is 0 Å². The van der Waals surface area contributed by atoms with Crippen LogP contribution in [0.3, 0.4) is 0 Å². The number of hydrogen-bond acceptors (Lipinski definition) is 2. The molecule has 2 heterocycles. The summed E-state index contributed by atoms with van der Waals surface area (Å²) in [6.45, 7) is 7.81. The third-order valence-corrected chi connectivity index (χ3v) is 6.29. The highest BCUT2D eigenvalue weighted by molar-refractivity contribution is 5.59. The molecule has 3 atom stereocenters. The van der Waals surface area contributed by atoms with Gasteiger partial charge in [-0.15, -0.1) is 0 Å². The monoisotopic (exact) mass is 335 g/mol. The van der Waals surface area contributed by atoms with Crippen molar-refractivity contribution >= 4 is 5.69 Å². The molecule has 0 radical (unpaired) electrons. The van der Waals surface area contributed by atoms with E-state index >= 15 is 0 Å². The Labute approximate surface area is 151 Å². The average Bonchev–Trinajstić information content (AvgIpc) is 2.67. The minimum atomic E-state index is 0.204. The fraction of sp³-hybridized carbons (Fsp3) is 0.478. The molecule has 4 rings (SSSR count). The lowest BCUT2D eigenvalue weighted by Crippen LogP contribution is -2.36. The normalized spacial score (nSPS) is 25.6. The first-order valence-corrected chi connectivity index (χ1v) is 9.67. The number of fused-ring (bicyclic) bond motifs is 3. The largest absolute Gasteiger partial charge is 0.378 e. The second-order valence-corrected chi connectivity index (χ2v) is 8.17. The minimum Gasteiger partial charge on any atom is -0.378 e. The molecule has 3 unspecified atom stereocenters. The third-order valence-electron chi connectivity index (χ3n) is 6.29. The lowest BCUT2D eigenvalue weighted by atomic mass is 9.75. The first kappa shape index (κ1) is 16.7. The van der Waals surface area contributed by atoms with Gasteiger partial charge < -0.3 is 10.1 Å². The fourth-order valence-corrected chi connectivity index (χ4v) is 4.29. The third kappa shape index (κ3) is 2.97. The quantitative estimate of drug-likeness (QED) is 0.742. The predicted molar refractivity (Wildman–Crippen MR) is 104 cm³/mol. The highest BCUT2D eigenvalue weighted by Gasteiger charge is 2.40. The molecular weight excluding hydrogens is 306 g/mol. The van der Waals surface area contributed by atoms with Gasteiger partial charge in [-0.25, -0.2) is 0 Å². The van der Waals surface area contributed by atoms with Crippen LogP contribution in [0.4, 0.5) is 5.69 Å². The van der Waals surface area contributed by atoms with E-state index in [-0.39, 0.29) is 11.5 Å². The van der Waals surface area contributed by atoms with Crippen LogP contribution in [0.1, 0.15) is 68.9 Å². The Morgan fingerprint density at radius 3 is 2.68 bits per heavy atom. The first-order chi connectivity index (χ1) is 12.1. The van der Waals surface area contributed by atoms with E-state index in [1.807, 2.05) is 0 Å². The average molecular weight is 335 g/mol.